The second kappa shape index (κ2) is 10.6. The van der Waals surface area contributed by atoms with Crippen LogP contribution in [0.2, 0.25) is 0 Å². The standard InChI is InChI=1S/C17H31NO3/c1-3-14(2)10-8-6-4-5-7-9-13-21-17(20)15-11-12-16(19)18-15/h14-15H,3-13H2,1-2H3,(H,18,19)/t14?,15-/m0/s1. The molecule has 4 nitrogen and oxygen atoms in total. The molecule has 2 atom stereocenters. The molecule has 1 amide bonds. The number of ether oxygens (including phenoxy) is 1. The molecule has 1 unspecified atom stereocenters. The Morgan fingerprint density at radius 2 is 1.90 bits per heavy atom. The van der Waals surface area contributed by atoms with E-state index in [0.29, 0.717) is 19.4 Å². The van der Waals surface area contributed by atoms with Crippen LogP contribution in [0.4, 0.5) is 0 Å². The Morgan fingerprint density at radius 1 is 1.24 bits per heavy atom. The van der Waals surface area contributed by atoms with Gasteiger partial charge in [0.2, 0.25) is 5.91 Å². The minimum absolute atomic E-state index is 0.0469. The highest BCUT2D eigenvalue weighted by Crippen LogP contribution is 2.14. The molecule has 1 fully saturated rings. The third-order valence-corrected chi connectivity index (χ3v) is 4.31. The van der Waals surface area contributed by atoms with Crippen molar-refractivity contribution in [1.29, 1.82) is 0 Å². The van der Waals surface area contributed by atoms with E-state index >= 15 is 0 Å². The number of carbonyl (C=O) groups excluding carboxylic acids is 2. The Balaban J connectivity index is 1.86. The van der Waals surface area contributed by atoms with Gasteiger partial charge >= 0.3 is 5.97 Å². The van der Waals surface area contributed by atoms with E-state index in [1.54, 1.807) is 0 Å². The molecule has 122 valence electrons. The number of amides is 1. The van der Waals surface area contributed by atoms with Gasteiger partial charge in [0, 0.05) is 6.42 Å². The molecule has 1 N–H and O–H groups in total. The minimum Gasteiger partial charge on any atom is -0.464 e. The molecule has 4 heteroatoms. The molecule has 0 aromatic carbocycles. The smallest absolute Gasteiger partial charge is 0.328 e. The van der Waals surface area contributed by atoms with Gasteiger partial charge in [-0.25, -0.2) is 4.79 Å². The zero-order valence-corrected chi connectivity index (χ0v) is 13.7. The van der Waals surface area contributed by atoms with E-state index in [9.17, 15) is 9.59 Å². The molecular weight excluding hydrogens is 266 g/mol. The number of carbonyl (C=O) groups is 2. The van der Waals surface area contributed by atoms with Crippen molar-refractivity contribution in [2.24, 2.45) is 5.92 Å². The zero-order valence-electron chi connectivity index (χ0n) is 13.7. The lowest BCUT2D eigenvalue weighted by atomic mass is 10.00. The number of esters is 1. The molecule has 0 aromatic heterocycles. The van der Waals surface area contributed by atoms with Crippen molar-refractivity contribution >= 4 is 11.9 Å². The topological polar surface area (TPSA) is 55.4 Å². The lowest BCUT2D eigenvalue weighted by molar-refractivity contribution is -0.146. The van der Waals surface area contributed by atoms with Crippen molar-refractivity contribution in [3.8, 4) is 0 Å². The largest absolute Gasteiger partial charge is 0.464 e. The summed E-state index contributed by atoms with van der Waals surface area (Å²) in [4.78, 5) is 22.6. The lowest BCUT2D eigenvalue weighted by Crippen LogP contribution is -2.34. The molecule has 0 aliphatic carbocycles. The van der Waals surface area contributed by atoms with Crippen LogP contribution in [0, 0.1) is 5.92 Å². The van der Waals surface area contributed by atoms with Crippen molar-refractivity contribution in [1.82, 2.24) is 5.32 Å². The van der Waals surface area contributed by atoms with Crippen LogP contribution >= 0.6 is 0 Å². The van der Waals surface area contributed by atoms with Crippen molar-refractivity contribution in [2.45, 2.75) is 84.1 Å². The highest BCUT2D eigenvalue weighted by Gasteiger charge is 2.28. The van der Waals surface area contributed by atoms with Gasteiger partial charge in [0.1, 0.15) is 6.04 Å². The van der Waals surface area contributed by atoms with Crippen LogP contribution in [-0.4, -0.2) is 24.5 Å². The van der Waals surface area contributed by atoms with Crippen LogP contribution in [-0.2, 0) is 14.3 Å². The molecule has 1 rings (SSSR count). The highest BCUT2D eigenvalue weighted by molar-refractivity contribution is 5.87. The summed E-state index contributed by atoms with van der Waals surface area (Å²) in [6.07, 6.45) is 10.9. The first-order valence-electron chi connectivity index (χ1n) is 8.59. The molecule has 0 bridgehead atoms. The summed E-state index contributed by atoms with van der Waals surface area (Å²) in [5, 5.41) is 2.63. The maximum absolute atomic E-state index is 11.6. The third kappa shape index (κ3) is 8.08. The van der Waals surface area contributed by atoms with Gasteiger partial charge in [-0.3, -0.25) is 4.79 Å². The molecule has 1 heterocycles. The van der Waals surface area contributed by atoms with E-state index in [4.69, 9.17) is 4.74 Å². The van der Waals surface area contributed by atoms with E-state index in [-0.39, 0.29) is 11.9 Å². The van der Waals surface area contributed by atoms with Crippen LogP contribution < -0.4 is 5.32 Å². The van der Waals surface area contributed by atoms with Crippen molar-refractivity contribution in [3.63, 3.8) is 0 Å². The summed E-state index contributed by atoms with van der Waals surface area (Å²) >= 11 is 0. The molecule has 0 spiro atoms. The van der Waals surface area contributed by atoms with Crippen LogP contribution in [0.3, 0.4) is 0 Å². The van der Waals surface area contributed by atoms with Gasteiger partial charge in [-0.15, -0.1) is 0 Å². The van der Waals surface area contributed by atoms with E-state index < -0.39 is 6.04 Å². The van der Waals surface area contributed by atoms with Crippen molar-refractivity contribution < 1.29 is 14.3 Å². The molecule has 1 aliphatic heterocycles. The van der Waals surface area contributed by atoms with Crippen LogP contribution in [0.5, 0.6) is 0 Å². The Bertz CT molecular complexity index is 317. The Kier molecular flexibility index (Phi) is 9.11. The van der Waals surface area contributed by atoms with Gasteiger partial charge in [-0.1, -0.05) is 58.8 Å². The second-order valence-electron chi connectivity index (χ2n) is 6.25. The summed E-state index contributed by atoms with van der Waals surface area (Å²) in [7, 11) is 0. The first-order valence-corrected chi connectivity index (χ1v) is 8.59. The van der Waals surface area contributed by atoms with Crippen molar-refractivity contribution in [3.05, 3.63) is 0 Å². The van der Waals surface area contributed by atoms with Crippen LogP contribution in [0.25, 0.3) is 0 Å². The van der Waals surface area contributed by atoms with Gasteiger partial charge in [-0.2, -0.15) is 0 Å². The molecule has 21 heavy (non-hydrogen) atoms. The SMILES string of the molecule is CCC(C)CCCCCCCCOC(=O)[C@@H]1CCC(=O)N1. The second-order valence-corrected chi connectivity index (χ2v) is 6.25. The molecule has 0 radical (unpaired) electrons. The molecule has 1 aliphatic rings. The third-order valence-electron chi connectivity index (χ3n) is 4.31. The van der Waals surface area contributed by atoms with E-state index in [0.717, 1.165) is 18.8 Å². The summed E-state index contributed by atoms with van der Waals surface area (Å²) in [5.74, 6) is 0.546. The number of rotatable bonds is 11. The van der Waals surface area contributed by atoms with Crippen LogP contribution in [0.1, 0.15) is 78.1 Å². The fraction of sp³-hybridized carbons (Fsp3) is 0.882. The van der Waals surface area contributed by atoms with E-state index in [1.807, 2.05) is 0 Å². The van der Waals surface area contributed by atoms with Gasteiger partial charge in [-0.05, 0) is 18.8 Å². The first-order chi connectivity index (χ1) is 10.1. The van der Waals surface area contributed by atoms with E-state index in [2.05, 4.69) is 19.2 Å². The predicted octanol–water partition coefficient (Wildman–Crippen LogP) is 3.59. The monoisotopic (exact) mass is 297 g/mol. The number of nitrogens with one attached hydrogen (secondary N) is 1. The van der Waals surface area contributed by atoms with Gasteiger partial charge in [0.25, 0.3) is 0 Å². The fourth-order valence-corrected chi connectivity index (χ4v) is 2.57. The predicted molar refractivity (Wildman–Crippen MR) is 83.9 cm³/mol. The van der Waals surface area contributed by atoms with Gasteiger partial charge < -0.3 is 10.1 Å². The first kappa shape index (κ1) is 18.0. The maximum Gasteiger partial charge on any atom is 0.328 e. The zero-order chi connectivity index (χ0) is 15.5. The average molecular weight is 297 g/mol. The highest BCUT2D eigenvalue weighted by atomic mass is 16.5. The van der Waals surface area contributed by atoms with Crippen molar-refractivity contribution in [2.75, 3.05) is 6.61 Å². The summed E-state index contributed by atoms with van der Waals surface area (Å²) < 4.78 is 5.19. The lowest BCUT2D eigenvalue weighted by Gasteiger charge is -2.10. The quantitative estimate of drug-likeness (QED) is 0.468. The normalized spacial score (nSPS) is 19.3. The number of hydrogen-bond donors (Lipinski definition) is 1. The van der Waals surface area contributed by atoms with Crippen LogP contribution in [0.15, 0.2) is 0 Å². The fourth-order valence-electron chi connectivity index (χ4n) is 2.57. The summed E-state index contributed by atoms with van der Waals surface area (Å²) in [5.41, 5.74) is 0. The summed E-state index contributed by atoms with van der Waals surface area (Å²) in [6.45, 7) is 5.06. The molecule has 1 saturated heterocycles. The Hall–Kier alpha value is -1.06. The number of unbranched alkanes of at least 4 members (excludes halogenated alkanes) is 5. The molecular formula is C17H31NO3. The minimum atomic E-state index is -0.405. The Labute approximate surface area is 129 Å². The Morgan fingerprint density at radius 3 is 2.52 bits per heavy atom. The number of hydrogen-bond acceptors (Lipinski definition) is 3. The summed E-state index contributed by atoms with van der Waals surface area (Å²) in [6, 6.07) is -0.405. The van der Waals surface area contributed by atoms with E-state index in [1.165, 1.54) is 38.5 Å². The molecule has 0 saturated carbocycles. The van der Waals surface area contributed by atoms with Gasteiger partial charge in [0.15, 0.2) is 0 Å². The maximum atomic E-state index is 11.6. The average Bonchev–Trinajstić information content (AvgIpc) is 2.91. The molecule has 0 aromatic rings. The van der Waals surface area contributed by atoms with Gasteiger partial charge in [0.05, 0.1) is 6.61 Å².